The number of benzene rings is 1. The maximum atomic E-state index is 5.88. The van der Waals surface area contributed by atoms with Crippen LogP contribution in [-0.2, 0) is 6.42 Å². The number of anilines is 1. The maximum Gasteiger partial charge on any atom is 0.132 e. The molecular weight excluding hydrogens is 250 g/mol. The van der Waals surface area contributed by atoms with Crippen molar-refractivity contribution in [3.05, 3.63) is 35.7 Å². The van der Waals surface area contributed by atoms with Crippen molar-refractivity contribution in [3.8, 4) is 17.0 Å². The first-order chi connectivity index (χ1) is 9.81. The molecule has 2 heterocycles. The van der Waals surface area contributed by atoms with Crippen molar-refractivity contribution in [3.63, 3.8) is 0 Å². The molecule has 0 fully saturated rings. The third kappa shape index (κ3) is 2.22. The molecule has 3 rings (SSSR count). The van der Waals surface area contributed by atoms with Gasteiger partial charge in [-0.3, -0.25) is 0 Å². The van der Waals surface area contributed by atoms with Crippen LogP contribution in [0.15, 0.2) is 24.5 Å². The summed E-state index contributed by atoms with van der Waals surface area (Å²) in [6.07, 6.45) is 3.78. The van der Waals surface area contributed by atoms with Crippen molar-refractivity contribution in [1.82, 2.24) is 9.97 Å². The van der Waals surface area contributed by atoms with Crippen LogP contribution in [0.5, 0.6) is 5.75 Å². The highest BCUT2D eigenvalue weighted by Gasteiger charge is 2.18. The maximum absolute atomic E-state index is 5.88. The van der Waals surface area contributed by atoms with Crippen LogP contribution in [-0.4, -0.2) is 23.1 Å². The Morgan fingerprint density at radius 2 is 2.20 bits per heavy atom. The molecule has 1 aromatic carbocycles. The molecule has 104 valence electrons. The number of aryl methyl sites for hydroxylation is 1. The van der Waals surface area contributed by atoms with E-state index >= 15 is 0 Å². The monoisotopic (exact) mass is 269 g/mol. The lowest BCUT2D eigenvalue weighted by Gasteiger charge is -2.21. The molecule has 1 aliphatic heterocycles. The molecule has 20 heavy (non-hydrogen) atoms. The van der Waals surface area contributed by atoms with Gasteiger partial charge in [-0.2, -0.15) is 0 Å². The number of rotatable bonds is 3. The van der Waals surface area contributed by atoms with Gasteiger partial charge in [0.25, 0.3) is 0 Å². The zero-order valence-corrected chi connectivity index (χ0v) is 11.9. The van der Waals surface area contributed by atoms with Gasteiger partial charge in [-0.1, -0.05) is 12.1 Å². The molecule has 0 saturated carbocycles. The standard InChI is InChI=1S/C16H19N3O/c1-3-17-16-11(2)14(18-10-19-16)13-8-4-6-12-7-5-9-20-15(12)13/h4,6,8,10H,3,5,7,9H2,1-2H3,(H,17,18,19). The van der Waals surface area contributed by atoms with E-state index in [1.165, 1.54) is 5.56 Å². The summed E-state index contributed by atoms with van der Waals surface area (Å²) in [6.45, 7) is 5.75. The number of hydrogen-bond donors (Lipinski definition) is 1. The summed E-state index contributed by atoms with van der Waals surface area (Å²) in [7, 11) is 0. The molecule has 1 N–H and O–H groups in total. The van der Waals surface area contributed by atoms with E-state index in [4.69, 9.17) is 4.74 Å². The lowest BCUT2D eigenvalue weighted by Crippen LogP contribution is -2.10. The van der Waals surface area contributed by atoms with E-state index in [1.54, 1.807) is 6.33 Å². The van der Waals surface area contributed by atoms with Crippen molar-refractivity contribution >= 4 is 5.82 Å². The molecule has 0 unspecified atom stereocenters. The number of aromatic nitrogens is 2. The van der Waals surface area contributed by atoms with Gasteiger partial charge in [-0.15, -0.1) is 0 Å². The molecule has 4 heteroatoms. The minimum atomic E-state index is 0.786. The highest BCUT2D eigenvalue weighted by atomic mass is 16.5. The van der Waals surface area contributed by atoms with Crippen molar-refractivity contribution in [2.75, 3.05) is 18.5 Å². The minimum absolute atomic E-state index is 0.786. The van der Waals surface area contributed by atoms with E-state index in [-0.39, 0.29) is 0 Å². The van der Waals surface area contributed by atoms with Gasteiger partial charge in [0.05, 0.1) is 12.3 Å². The Morgan fingerprint density at radius 1 is 1.30 bits per heavy atom. The first-order valence-corrected chi connectivity index (χ1v) is 7.11. The fourth-order valence-corrected chi connectivity index (χ4v) is 2.64. The third-order valence-electron chi connectivity index (χ3n) is 3.62. The lowest BCUT2D eigenvalue weighted by atomic mass is 9.98. The highest BCUT2D eigenvalue weighted by molar-refractivity contribution is 5.74. The molecule has 0 aliphatic carbocycles. The molecule has 1 aliphatic rings. The summed E-state index contributed by atoms with van der Waals surface area (Å²) >= 11 is 0. The van der Waals surface area contributed by atoms with Crippen LogP contribution < -0.4 is 10.1 Å². The molecule has 0 saturated heterocycles. The molecule has 0 bridgehead atoms. The summed E-state index contributed by atoms with van der Waals surface area (Å²) in [5, 5.41) is 3.27. The molecule has 0 spiro atoms. The molecule has 2 aromatic rings. The summed E-state index contributed by atoms with van der Waals surface area (Å²) in [4.78, 5) is 8.77. The van der Waals surface area contributed by atoms with Gasteiger partial charge in [0.1, 0.15) is 17.9 Å². The number of fused-ring (bicyclic) bond motifs is 1. The quantitative estimate of drug-likeness (QED) is 0.929. The van der Waals surface area contributed by atoms with Crippen molar-refractivity contribution in [2.45, 2.75) is 26.7 Å². The summed E-state index contributed by atoms with van der Waals surface area (Å²) in [5.74, 6) is 1.88. The number of ether oxygens (including phenoxy) is 1. The largest absolute Gasteiger partial charge is 0.493 e. The SMILES string of the molecule is CCNc1ncnc(-c2cccc3c2OCCC3)c1C. The zero-order valence-electron chi connectivity index (χ0n) is 11.9. The number of para-hydroxylation sites is 1. The van der Waals surface area contributed by atoms with Gasteiger partial charge in [0.15, 0.2) is 0 Å². The van der Waals surface area contributed by atoms with Gasteiger partial charge in [-0.05, 0) is 38.3 Å². The summed E-state index contributed by atoms with van der Waals surface area (Å²) in [5.41, 5.74) is 4.37. The highest BCUT2D eigenvalue weighted by Crippen LogP contribution is 2.37. The van der Waals surface area contributed by atoms with Crippen LogP contribution in [0.2, 0.25) is 0 Å². The zero-order chi connectivity index (χ0) is 13.9. The Morgan fingerprint density at radius 3 is 3.05 bits per heavy atom. The minimum Gasteiger partial charge on any atom is -0.493 e. The topological polar surface area (TPSA) is 47.0 Å². The second-order valence-electron chi connectivity index (χ2n) is 4.97. The fourth-order valence-electron chi connectivity index (χ4n) is 2.64. The summed E-state index contributed by atoms with van der Waals surface area (Å²) in [6, 6.07) is 6.30. The van der Waals surface area contributed by atoms with E-state index in [1.807, 2.05) is 0 Å². The van der Waals surface area contributed by atoms with Gasteiger partial charge in [0.2, 0.25) is 0 Å². The Labute approximate surface area is 119 Å². The molecule has 0 amide bonds. The average molecular weight is 269 g/mol. The van der Waals surface area contributed by atoms with Crippen molar-refractivity contribution in [1.29, 1.82) is 0 Å². The Hall–Kier alpha value is -2.10. The van der Waals surface area contributed by atoms with Crippen LogP contribution in [0.1, 0.15) is 24.5 Å². The predicted molar refractivity (Wildman–Crippen MR) is 80.2 cm³/mol. The molecule has 1 aromatic heterocycles. The molecule has 4 nitrogen and oxygen atoms in total. The third-order valence-corrected chi connectivity index (χ3v) is 3.62. The van der Waals surface area contributed by atoms with Gasteiger partial charge in [0, 0.05) is 17.7 Å². The van der Waals surface area contributed by atoms with Crippen LogP contribution in [0.4, 0.5) is 5.82 Å². The Bertz CT molecular complexity index is 625. The first kappa shape index (κ1) is 12.9. The second-order valence-corrected chi connectivity index (χ2v) is 4.97. The Kier molecular flexibility index (Phi) is 3.54. The molecule has 0 radical (unpaired) electrons. The smallest absolute Gasteiger partial charge is 0.132 e. The summed E-state index contributed by atoms with van der Waals surface area (Å²) < 4.78 is 5.88. The number of nitrogens with one attached hydrogen (secondary N) is 1. The van der Waals surface area contributed by atoms with Gasteiger partial charge in [-0.25, -0.2) is 9.97 Å². The molecule has 0 atom stereocenters. The van der Waals surface area contributed by atoms with Gasteiger partial charge < -0.3 is 10.1 Å². The van der Waals surface area contributed by atoms with Gasteiger partial charge >= 0.3 is 0 Å². The van der Waals surface area contributed by atoms with Crippen LogP contribution in [0, 0.1) is 6.92 Å². The van der Waals surface area contributed by atoms with Crippen molar-refractivity contribution in [2.24, 2.45) is 0 Å². The van der Waals surface area contributed by atoms with E-state index in [0.29, 0.717) is 0 Å². The van der Waals surface area contributed by atoms with Crippen LogP contribution in [0.3, 0.4) is 0 Å². The second kappa shape index (κ2) is 5.49. The average Bonchev–Trinajstić information content (AvgIpc) is 2.49. The lowest BCUT2D eigenvalue weighted by molar-refractivity contribution is 0.289. The Balaban J connectivity index is 2.12. The van der Waals surface area contributed by atoms with Crippen LogP contribution in [0.25, 0.3) is 11.3 Å². The predicted octanol–water partition coefficient (Wildman–Crippen LogP) is 3.21. The van der Waals surface area contributed by atoms with E-state index in [2.05, 4.69) is 47.3 Å². The molecular formula is C16H19N3O. The van der Waals surface area contributed by atoms with E-state index < -0.39 is 0 Å². The van der Waals surface area contributed by atoms with E-state index in [9.17, 15) is 0 Å². The number of nitrogens with zero attached hydrogens (tertiary/aromatic N) is 2. The first-order valence-electron chi connectivity index (χ1n) is 7.11. The van der Waals surface area contributed by atoms with E-state index in [0.717, 1.165) is 54.4 Å². The number of hydrogen-bond acceptors (Lipinski definition) is 4. The normalized spacial score (nSPS) is 13.5. The van der Waals surface area contributed by atoms with Crippen molar-refractivity contribution < 1.29 is 4.74 Å². The van der Waals surface area contributed by atoms with Crippen LogP contribution >= 0.6 is 0 Å². The fraction of sp³-hybridized carbons (Fsp3) is 0.375.